The van der Waals surface area contributed by atoms with Crippen LogP contribution in [-0.2, 0) is 6.42 Å². The van der Waals surface area contributed by atoms with Crippen LogP contribution in [0.15, 0.2) is 22.7 Å². The summed E-state index contributed by atoms with van der Waals surface area (Å²) in [4.78, 5) is 0. The van der Waals surface area contributed by atoms with Crippen LogP contribution < -0.4 is 5.32 Å². The van der Waals surface area contributed by atoms with Crippen molar-refractivity contribution in [2.45, 2.75) is 46.5 Å². The minimum atomic E-state index is -0.154. The van der Waals surface area contributed by atoms with Crippen molar-refractivity contribution in [1.29, 1.82) is 0 Å². The van der Waals surface area contributed by atoms with E-state index in [1.54, 1.807) is 12.1 Å². The summed E-state index contributed by atoms with van der Waals surface area (Å²) < 4.78 is 14.4. The number of benzene rings is 1. The molecule has 0 aliphatic carbocycles. The summed E-state index contributed by atoms with van der Waals surface area (Å²) in [6, 6.07) is 4.95. The Hall–Kier alpha value is -0.410. The second-order valence-corrected chi connectivity index (χ2v) is 6.50. The molecule has 0 radical (unpaired) electrons. The van der Waals surface area contributed by atoms with E-state index in [1.165, 1.54) is 6.07 Å². The Morgan fingerprint density at radius 1 is 1.26 bits per heavy atom. The molecule has 3 heteroatoms. The fraction of sp³-hybridized carbons (Fsp3) is 0.625. The maximum Gasteiger partial charge on any atom is 0.123 e. The second-order valence-electron chi connectivity index (χ2n) is 5.65. The van der Waals surface area contributed by atoms with Crippen molar-refractivity contribution < 1.29 is 4.39 Å². The zero-order valence-corrected chi connectivity index (χ0v) is 13.8. The molecule has 0 bridgehead atoms. The van der Waals surface area contributed by atoms with Crippen LogP contribution in [0.1, 0.15) is 45.6 Å². The van der Waals surface area contributed by atoms with Gasteiger partial charge in [-0.05, 0) is 55.0 Å². The normalized spacial score (nSPS) is 14.4. The third-order valence-corrected chi connectivity index (χ3v) is 4.23. The molecule has 108 valence electrons. The van der Waals surface area contributed by atoms with Gasteiger partial charge in [0.15, 0.2) is 0 Å². The minimum Gasteiger partial charge on any atom is -0.316 e. The van der Waals surface area contributed by atoms with Gasteiger partial charge in [-0.3, -0.25) is 0 Å². The van der Waals surface area contributed by atoms with Crippen molar-refractivity contribution in [3.05, 3.63) is 34.1 Å². The smallest absolute Gasteiger partial charge is 0.123 e. The standard InChI is InChI=1S/C16H25BrFN/c1-4-8-16(3,12-19-9-5-2)11-13-10-14(18)6-7-15(13)17/h6-7,10,19H,4-5,8-9,11-12H2,1-3H3. The average Bonchev–Trinajstić information content (AvgIpc) is 2.34. The Bertz CT molecular complexity index is 394. The minimum absolute atomic E-state index is 0.154. The van der Waals surface area contributed by atoms with E-state index in [2.05, 4.69) is 42.0 Å². The van der Waals surface area contributed by atoms with Crippen LogP contribution in [0.2, 0.25) is 0 Å². The molecule has 0 aliphatic heterocycles. The van der Waals surface area contributed by atoms with Crippen LogP contribution in [0.4, 0.5) is 4.39 Å². The summed E-state index contributed by atoms with van der Waals surface area (Å²) in [5.74, 6) is -0.154. The molecule has 0 aliphatic rings. The lowest BCUT2D eigenvalue weighted by atomic mass is 9.79. The maximum atomic E-state index is 13.4. The molecule has 1 atom stereocenters. The van der Waals surface area contributed by atoms with E-state index < -0.39 is 0 Å². The first-order valence-corrected chi connectivity index (χ1v) is 7.94. The molecule has 1 nitrogen and oxygen atoms in total. The van der Waals surface area contributed by atoms with Gasteiger partial charge in [-0.15, -0.1) is 0 Å². The van der Waals surface area contributed by atoms with Crippen LogP contribution in [0.3, 0.4) is 0 Å². The highest BCUT2D eigenvalue weighted by atomic mass is 79.9. The van der Waals surface area contributed by atoms with Crippen LogP contribution in [0, 0.1) is 11.2 Å². The molecule has 1 aromatic carbocycles. The molecule has 0 fully saturated rings. The highest BCUT2D eigenvalue weighted by Gasteiger charge is 2.24. The molecule has 1 N–H and O–H groups in total. The molecule has 0 heterocycles. The summed E-state index contributed by atoms with van der Waals surface area (Å²) in [6.07, 6.45) is 4.34. The molecule has 0 saturated heterocycles. The average molecular weight is 330 g/mol. The van der Waals surface area contributed by atoms with Gasteiger partial charge < -0.3 is 5.32 Å². The maximum absolute atomic E-state index is 13.4. The van der Waals surface area contributed by atoms with Crippen molar-refractivity contribution in [1.82, 2.24) is 5.32 Å². The quantitative estimate of drug-likeness (QED) is 0.666. The Morgan fingerprint density at radius 2 is 2.00 bits per heavy atom. The van der Waals surface area contributed by atoms with E-state index >= 15 is 0 Å². The number of hydrogen-bond donors (Lipinski definition) is 1. The van der Waals surface area contributed by atoms with Crippen LogP contribution in [0.5, 0.6) is 0 Å². The molecule has 19 heavy (non-hydrogen) atoms. The first-order valence-electron chi connectivity index (χ1n) is 7.15. The van der Waals surface area contributed by atoms with Gasteiger partial charge in [-0.1, -0.05) is 43.1 Å². The molecule has 0 saturated carbocycles. The zero-order valence-electron chi connectivity index (χ0n) is 12.2. The molecule has 1 rings (SSSR count). The third-order valence-electron chi connectivity index (χ3n) is 3.46. The first-order chi connectivity index (χ1) is 9.00. The molecular formula is C16H25BrFN. The van der Waals surface area contributed by atoms with Crippen LogP contribution in [-0.4, -0.2) is 13.1 Å². The molecule has 0 aromatic heterocycles. The van der Waals surface area contributed by atoms with Gasteiger partial charge in [-0.25, -0.2) is 4.39 Å². The van der Waals surface area contributed by atoms with Crippen molar-refractivity contribution in [3.8, 4) is 0 Å². The fourth-order valence-corrected chi connectivity index (χ4v) is 2.94. The van der Waals surface area contributed by atoms with Gasteiger partial charge in [0, 0.05) is 11.0 Å². The molecule has 1 unspecified atom stereocenters. The molecular weight excluding hydrogens is 305 g/mol. The fourth-order valence-electron chi connectivity index (χ4n) is 2.55. The van der Waals surface area contributed by atoms with Gasteiger partial charge in [0.2, 0.25) is 0 Å². The predicted molar refractivity (Wildman–Crippen MR) is 84.0 cm³/mol. The van der Waals surface area contributed by atoms with Crippen molar-refractivity contribution in [2.24, 2.45) is 5.41 Å². The van der Waals surface area contributed by atoms with Crippen LogP contribution >= 0.6 is 15.9 Å². The number of rotatable bonds is 8. The third kappa shape index (κ3) is 5.62. The molecule has 0 amide bonds. The van der Waals surface area contributed by atoms with Gasteiger partial charge in [0.25, 0.3) is 0 Å². The van der Waals surface area contributed by atoms with Gasteiger partial charge in [-0.2, -0.15) is 0 Å². The summed E-state index contributed by atoms with van der Waals surface area (Å²) in [6.45, 7) is 8.70. The lowest BCUT2D eigenvalue weighted by Crippen LogP contribution is -2.34. The van der Waals surface area contributed by atoms with Crippen LogP contribution in [0.25, 0.3) is 0 Å². The summed E-state index contributed by atoms with van der Waals surface area (Å²) in [5.41, 5.74) is 1.24. The lowest BCUT2D eigenvalue weighted by Gasteiger charge is -2.30. The van der Waals surface area contributed by atoms with Crippen molar-refractivity contribution in [2.75, 3.05) is 13.1 Å². The first kappa shape index (κ1) is 16.6. The van der Waals surface area contributed by atoms with E-state index in [9.17, 15) is 4.39 Å². The summed E-state index contributed by atoms with van der Waals surface area (Å²) in [5, 5.41) is 3.51. The number of nitrogens with one attached hydrogen (secondary N) is 1. The van der Waals surface area contributed by atoms with E-state index in [4.69, 9.17) is 0 Å². The van der Waals surface area contributed by atoms with Gasteiger partial charge in [0.05, 0.1) is 0 Å². The summed E-state index contributed by atoms with van der Waals surface area (Å²) in [7, 11) is 0. The highest BCUT2D eigenvalue weighted by Crippen LogP contribution is 2.31. The monoisotopic (exact) mass is 329 g/mol. The topological polar surface area (TPSA) is 12.0 Å². The number of hydrogen-bond acceptors (Lipinski definition) is 1. The van der Waals surface area contributed by atoms with E-state index in [0.29, 0.717) is 0 Å². The van der Waals surface area contributed by atoms with E-state index in [0.717, 1.165) is 48.8 Å². The highest BCUT2D eigenvalue weighted by molar-refractivity contribution is 9.10. The zero-order chi connectivity index (χ0) is 14.3. The number of halogens is 2. The van der Waals surface area contributed by atoms with Gasteiger partial charge >= 0.3 is 0 Å². The molecule has 1 aromatic rings. The van der Waals surface area contributed by atoms with Crippen molar-refractivity contribution >= 4 is 15.9 Å². The second kappa shape index (κ2) is 8.01. The Labute approximate surface area is 125 Å². The van der Waals surface area contributed by atoms with E-state index in [-0.39, 0.29) is 11.2 Å². The Kier molecular flexibility index (Phi) is 7.01. The van der Waals surface area contributed by atoms with Crippen molar-refractivity contribution in [3.63, 3.8) is 0 Å². The molecule has 0 spiro atoms. The predicted octanol–water partition coefficient (Wildman–Crippen LogP) is 4.94. The summed E-state index contributed by atoms with van der Waals surface area (Å²) >= 11 is 3.53. The largest absolute Gasteiger partial charge is 0.316 e. The Morgan fingerprint density at radius 3 is 2.63 bits per heavy atom. The SMILES string of the molecule is CCCNCC(C)(CCC)Cc1cc(F)ccc1Br. The lowest BCUT2D eigenvalue weighted by molar-refractivity contribution is 0.275. The van der Waals surface area contributed by atoms with Gasteiger partial charge in [0.1, 0.15) is 5.82 Å². The Balaban J connectivity index is 2.78. The van der Waals surface area contributed by atoms with E-state index in [1.807, 2.05) is 0 Å².